The molecule has 1 heterocycles. The molecular formula is C21H25NO3. The van der Waals surface area contributed by atoms with E-state index in [-0.39, 0.29) is 29.7 Å². The van der Waals surface area contributed by atoms with Gasteiger partial charge in [-0.15, -0.1) is 0 Å². The zero-order valence-corrected chi connectivity index (χ0v) is 15.2. The predicted molar refractivity (Wildman–Crippen MR) is 97.9 cm³/mol. The molecular weight excluding hydrogens is 314 g/mol. The maximum atomic E-state index is 12.9. The van der Waals surface area contributed by atoms with E-state index in [1.165, 1.54) is 0 Å². The maximum Gasteiger partial charge on any atom is 0.142 e. The largest absolute Gasteiger partial charge is 0.497 e. The van der Waals surface area contributed by atoms with Crippen molar-refractivity contribution in [1.29, 1.82) is 0 Å². The first kappa shape index (κ1) is 17.5. The van der Waals surface area contributed by atoms with Crippen molar-refractivity contribution in [3.63, 3.8) is 0 Å². The Morgan fingerprint density at radius 3 is 1.64 bits per heavy atom. The fourth-order valence-electron chi connectivity index (χ4n) is 3.67. The zero-order chi connectivity index (χ0) is 18.0. The smallest absolute Gasteiger partial charge is 0.142 e. The lowest BCUT2D eigenvalue weighted by molar-refractivity contribution is -0.130. The number of ether oxygens (including phenoxy) is 2. The van der Waals surface area contributed by atoms with Gasteiger partial charge in [-0.2, -0.15) is 0 Å². The third-order valence-electron chi connectivity index (χ3n) is 5.16. The van der Waals surface area contributed by atoms with E-state index in [2.05, 4.69) is 5.32 Å². The molecule has 0 saturated carbocycles. The molecule has 1 fully saturated rings. The monoisotopic (exact) mass is 339 g/mol. The molecule has 4 unspecified atom stereocenters. The lowest BCUT2D eigenvalue weighted by Gasteiger charge is -2.39. The van der Waals surface area contributed by atoms with Gasteiger partial charge in [0.05, 0.1) is 14.2 Å². The second-order valence-corrected chi connectivity index (χ2v) is 6.65. The van der Waals surface area contributed by atoms with Gasteiger partial charge in [-0.1, -0.05) is 38.1 Å². The summed E-state index contributed by atoms with van der Waals surface area (Å²) in [6, 6.07) is 15.8. The summed E-state index contributed by atoms with van der Waals surface area (Å²) in [4.78, 5) is 12.9. The molecule has 0 aliphatic carbocycles. The highest BCUT2D eigenvalue weighted by atomic mass is 16.5. The Kier molecular flexibility index (Phi) is 5.09. The molecule has 1 N–H and O–H groups in total. The van der Waals surface area contributed by atoms with E-state index in [4.69, 9.17) is 9.47 Å². The number of piperidine rings is 1. The number of hydrogen-bond donors (Lipinski definition) is 1. The number of methoxy groups -OCH3 is 2. The molecule has 4 atom stereocenters. The van der Waals surface area contributed by atoms with Crippen LogP contribution in [0.5, 0.6) is 11.5 Å². The van der Waals surface area contributed by atoms with Crippen LogP contribution in [0.25, 0.3) is 0 Å². The molecule has 1 aliphatic heterocycles. The minimum absolute atomic E-state index is 0.0463. The van der Waals surface area contributed by atoms with Crippen molar-refractivity contribution in [3.05, 3.63) is 59.7 Å². The van der Waals surface area contributed by atoms with E-state index in [1.807, 2.05) is 62.4 Å². The summed E-state index contributed by atoms with van der Waals surface area (Å²) in [6.07, 6.45) is 0. The number of benzene rings is 2. The Labute approximate surface area is 149 Å². The molecule has 1 saturated heterocycles. The molecule has 1 aliphatic rings. The number of nitrogens with one attached hydrogen (secondary N) is 1. The second-order valence-electron chi connectivity index (χ2n) is 6.65. The van der Waals surface area contributed by atoms with Gasteiger partial charge in [-0.3, -0.25) is 4.79 Å². The summed E-state index contributed by atoms with van der Waals surface area (Å²) < 4.78 is 10.7. The highest BCUT2D eigenvalue weighted by Crippen LogP contribution is 2.39. The van der Waals surface area contributed by atoms with Crippen LogP contribution in [0.4, 0.5) is 0 Å². The zero-order valence-electron chi connectivity index (χ0n) is 15.2. The second kappa shape index (κ2) is 7.28. The predicted octanol–water partition coefficient (Wildman–Crippen LogP) is 3.93. The fraction of sp³-hybridized carbons (Fsp3) is 0.381. The number of carbonyl (C=O) groups is 1. The van der Waals surface area contributed by atoms with Crippen LogP contribution in [0.2, 0.25) is 0 Å². The van der Waals surface area contributed by atoms with Gasteiger partial charge < -0.3 is 14.8 Å². The maximum absolute atomic E-state index is 12.9. The lowest BCUT2D eigenvalue weighted by Crippen LogP contribution is -2.46. The van der Waals surface area contributed by atoms with E-state index in [0.29, 0.717) is 0 Å². The van der Waals surface area contributed by atoms with E-state index in [0.717, 1.165) is 22.6 Å². The number of carbonyl (C=O) groups excluding carboxylic acids is 1. The molecule has 0 bridgehead atoms. The van der Waals surface area contributed by atoms with Crippen molar-refractivity contribution in [2.45, 2.75) is 25.9 Å². The van der Waals surface area contributed by atoms with Crippen LogP contribution < -0.4 is 14.8 Å². The lowest BCUT2D eigenvalue weighted by atomic mass is 9.76. The van der Waals surface area contributed by atoms with E-state index >= 15 is 0 Å². The normalized spacial score (nSPS) is 26.3. The average Bonchev–Trinajstić information content (AvgIpc) is 2.66. The number of rotatable bonds is 4. The van der Waals surface area contributed by atoms with Crippen molar-refractivity contribution in [2.75, 3.05) is 14.2 Å². The molecule has 4 nitrogen and oxygen atoms in total. The summed E-state index contributed by atoms with van der Waals surface area (Å²) in [5.74, 6) is 1.69. The minimum atomic E-state index is -0.0936. The summed E-state index contributed by atoms with van der Waals surface area (Å²) >= 11 is 0. The fourth-order valence-corrected chi connectivity index (χ4v) is 3.67. The first-order valence-corrected chi connectivity index (χ1v) is 8.63. The van der Waals surface area contributed by atoms with Crippen molar-refractivity contribution in [1.82, 2.24) is 5.32 Å². The molecule has 0 spiro atoms. The number of hydrogen-bond acceptors (Lipinski definition) is 4. The van der Waals surface area contributed by atoms with E-state index in [1.54, 1.807) is 14.2 Å². The van der Waals surface area contributed by atoms with Crippen LogP contribution in [-0.4, -0.2) is 20.0 Å². The van der Waals surface area contributed by atoms with Crippen LogP contribution in [0, 0.1) is 11.8 Å². The van der Waals surface area contributed by atoms with Crippen LogP contribution in [0.3, 0.4) is 0 Å². The highest BCUT2D eigenvalue weighted by Gasteiger charge is 2.40. The summed E-state index contributed by atoms with van der Waals surface area (Å²) in [5, 5.41) is 3.69. The van der Waals surface area contributed by atoms with Gasteiger partial charge in [0.2, 0.25) is 0 Å². The van der Waals surface area contributed by atoms with E-state index < -0.39 is 0 Å². The Balaban J connectivity index is 1.96. The number of ketones is 1. The molecule has 0 amide bonds. The van der Waals surface area contributed by atoms with E-state index in [9.17, 15) is 4.79 Å². The SMILES string of the molecule is COc1cccc(C2NC(c3cccc(OC)c3)C(C)C(=O)C2C)c1. The molecule has 2 aromatic carbocycles. The van der Waals surface area contributed by atoms with Gasteiger partial charge in [-0.05, 0) is 35.4 Å². The van der Waals surface area contributed by atoms with Gasteiger partial charge in [0.1, 0.15) is 17.3 Å². The first-order chi connectivity index (χ1) is 12.0. The Morgan fingerprint density at radius 1 is 0.800 bits per heavy atom. The number of Topliss-reactive ketones (excluding diaryl/α,β-unsaturated/α-hetero) is 1. The summed E-state index contributed by atoms with van der Waals surface area (Å²) in [6.45, 7) is 4.00. The van der Waals surface area contributed by atoms with Gasteiger partial charge in [0.15, 0.2) is 0 Å². The van der Waals surface area contributed by atoms with Crippen LogP contribution in [0.15, 0.2) is 48.5 Å². The van der Waals surface area contributed by atoms with Crippen molar-refractivity contribution in [2.24, 2.45) is 11.8 Å². The Bertz CT molecular complexity index is 697. The Hall–Kier alpha value is -2.33. The topological polar surface area (TPSA) is 47.6 Å². The standard InChI is InChI=1S/C21H25NO3/c1-13-19(15-7-5-9-17(11-15)24-3)22-20(14(2)21(13)23)16-8-6-10-18(12-16)25-4/h5-14,19-20,22H,1-4H3. The van der Waals surface area contributed by atoms with Crippen molar-refractivity contribution >= 4 is 5.78 Å². The molecule has 3 rings (SSSR count). The van der Waals surface area contributed by atoms with Gasteiger partial charge in [0.25, 0.3) is 0 Å². The highest BCUT2D eigenvalue weighted by molar-refractivity contribution is 5.85. The van der Waals surface area contributed by atoms with Crippen LogP contribution >= 0.6 is 0 Å². The van der Waals surface area contributed by atoms with Gasteiger partial charge in [0, 0.05) is 23.9 Å². The molecule has 25 heavy (non-hydrogen) atoms. The average molecular weight is 339 g/mol. The third-order valence-corrected chi connectivity index (χ3v) is 5.16. The molecule has 0 radical (unpaired) electrons. The van der Waals surface area contributed by atoms with Crippen molar-refractivity contribution in [3.8, 4) is 11.5 Å². The summed E-state index contributed by atoms with van der Waals surface area (Å²) in [5.41, 5.74) is 2.14. The van der Waals surface area contributed by atoms with Crippen LogP contribution in [-0.2, 0) is 4.79 Å². The minimum Gasteiger partial charge on any atom is -0.497 e. The third kappa shape index (κ3) is 3.40. The molecule has 2 aromatic rings. The van der Waals surface area contributed by atoms with Crippen molar-refractivity contribution < 1.29 is 14.3 Å². The molecule has 4 heteroatoms. The Morgan fingerprint density at radius 2 is 1.24 bits per heavy atom. The van der Waals surface area contributed by atoms with Gasteiger partial charge in [-0.25, -0.2) is 0 Å². The molecule has 132 valence electrons. The van der Waals surface area contributed by atoms with Crippen LogP contribution in [0.1, 0.15) is 37.1 Å². The quantitative estimate of drug-likeness (QED) is 0.917. The summed E-state index contributed by atoms with van der Waals surface area (Å²) in [7, 11) is 3.31. The van der Waals surface area contributed by atoms with Gasteiger partial charge >= 0.3 is 0 Å². The molecule has 0 aromatic heterocycles. The first-order valence-electron chi connectivity index (χ1n) is 8.63.